The molecule has 1 amide bonds. The summed E-state index contributed by atoms with van der Waals surface area (Å²) in [5.74, 6) is -1.53. The van der Waals surface area contributed by atoms with E-state index in [1.807, 2.05) is 0 Å². The number of halogens is 2. The van der Waals surface area contributed by atoms with Crippen LogP contribution in [-0.4, -0.2) is 34.5 Å². The van der Waals surface area contributed by atoms with E-state index < -0.39 is 11.9 Å². The Morgan fingerprint density at radius 1 is 1.42 bits per heavy atom. The molecule has 0 bridgehead atoms. The number of likely N-dealkylation sites (tertiary alicyclic amines) is 1. The maximum Gasteiger partial charge on any atom is 0.308 e. The third-order valence-corrected chi connectivity index (χ3v) is 4.12. The molecule has 6 heteroatoms. The fourth-order valence-corrected chi connectivity index (χ4v) is 3.26. The first kappa shape index (κ1) is 14.3. The second-order valence-corrected chi connectivity index (χ2v) is 5.98. The van der Waals surface area contributed by atoms with E-state index in [2.05, 4.69) is 15.9 Å². The summed E-state index contributed by atoms with van der Waals surface area (Å²) in [4.78, 5) is 25.0. The van der Waals surface area contributed by atoms with Gasteiger partial charge in [-0.2, -0.15) is 0 Å². The highest BCUT2D eigenvalue weighted by molar-refractivity contribution is 9.10. The summed E-state index contributed by atoms with van der Waals surface area (Å²) < 4.78 is 0.727. The molecular formula is C13H13BrClNO3. The molecule has 0 radical (unpaired) electrons. The van der Waals surface area contributed by atoms with E-state index >= 15 is 0 Å². The minimum Gasteiger partial charge on any atom is -0.481 e. The van der Waals surface area contributed by atoms with Crippen molar-refractivity contribution in [2.75, 3.05) is 6.54 Å². The van der Waals surface area contributed by atoms with Gasteiger partial charge in [-0.15, -0.1) is 0 Å². The maximum absolute atomic E-state index is 12.4. The Morgan fingerprint density at radius 3 is 2.63 bits per heavy atom. The number of amides is 1. The van der Waals surface area contributed by atoms with Crippen molar-refractivity contribution < 1.29 is 14.7 Å². The lowest BCUT2D eigenvalue weighted by Gasteiger charge is -2.23. The molecule has 1 aromatic rings. The Morgan fingerprint density at radius 2 is 2.11 bits per heavy atom. The van der Waals surface area contributed by atoms with Gasteiger partial charge in [-0.1, -0.05) is 27.5 Å². The molecule has 102 valence electrons. The number of carboxylic acid groups (broad SMARTS) is 1. The zero-order chi connectivity index (χ0) is 14.2. The third-order valence-electron chi connectivity index (χ3n) is 3.44. The topological polar surface area (TPSA) is 57.6 Å². The van der Waals surface area contributed by atoms with Gasteiger partial charge in [0.15, 0.2) is 0 Å². The van der Waals surface area contributed by atoms with Crippen LogP contribution in [0.25, 0.3) is 0 Å². The average molecular weight is 347 g/mol. The van der Waals surface area contributed by atoms with Crippen LogP contribution in [-0.2, 0) is 4.79 Å². The van der Waals surface area contributed by atoms with E-state index in [0.717, 1.165) is 4.47 Å². The highest BCUT2D eigenvalue weighted by Crippen LogP contribution is 2.27. The van der Waals surface area contributed by atoms with Gasteiger partial charge in [-0.25, -0.2) is 0 Å². The van der Waals surface area contributed by atoms with Crippen LogP contribution in [0, 0.1) is 5.92 Å². The fraction of sp³-hybridized carbons (Fsp3) is 0.385. The molecule has 1 saturated heterocycles. The van der Waals surface area contributed by atoms with Crippen molar-refractivity contribution in [2.24, 2.45) is 5.92 Å². The first-order valence-corrected chi connectivity index (χ1v) is 7.07. The number of hydrogen-bond acceptors (Lipinski definition) is 2. The zero-order valence-electron chi connectivity index (χ0n) is 10.3. The monoisotopic (exact) mass is 345 g/mol. The minimum atomic E-state index is -0.852. The number of carboxylic acids is 1. The second-order valence-electron chi connectivity index (χ2n) is 4.63. The molecule has 1 aromatic carbocycles. The summed E-state index contributed by atoms with van der Waals surface area (Å²) in [6.07, 6.45) is 0.490. The molecule has 4 nitrogen and oxygen atoms in total. The molecule has 0 aromatic heterocycles. The normalized spacial score (nSPS) is 22.6. The predicted molar refractivity (Wildman–Crippen MR) is 75.4 cm³/mol. The van der Waals surface area contributed by atoms with Gasteiger partial charge in [0.25, 0.3) is 5.91 Å². The van der Waals surface area contributed by atoms with Crippen LogP contribution in [0.3, 0.4) is 0 Å². The molecule has 2 rings (SSSR count). The molecule has 2 atom stereocenters. The van der Waals surface area contributed by atoms with Crippen molar-refractivity contribution in [3.05, 3.63) is 33.3 Å². The lowest BCUT2D eigenvalue weighted by Crippen LogP contribution is -2.37. The lowest BCUT2D eigenvalue weighted by atomic mass is 10.0. The van der Waals surface area contributed by atoms with E-state index in [4.69, 9.17) is 16.7 Å². The fourth-order valence-electron chi connectivity index (χ4n) is 2.40. The van der Waals surface area contributed by atoms with Crippen molar-refractivity contribution in [1.82, 2.24) is 4.90 Å². The van der Waals surface area contributed by atoms with Gasteiger partial charge in [0, 0.05) is 27.6 Å². The van der Waals surface area contributed by atoms with Crippen LogP contribution in [0.15, 0.2) is 22.7 Å². The first-order valence-electron chi connectivity index (χ1n) is 5.90. The van der Waals surface area contributed by atoms with Crippen LogP contribution < -0.4 is 0 Å². The maximum atomic E-state index is 12.4. The minimum absolute atomic E-state index is 0.181. The number of hydrogen-bond donors (Lipinski definition) is 1. The van der Waals surface area contributed by atoms with Gasteiger partial charge >= 0.3 is 5.97 Å². The molecule has 0 saturated carbocycles. The Bertz CT molecular complexity index is 514. The van der Waals surface area contributed by atoms with Gasteiger partial charge in [-0.05, 0) is 31.5 Å². The molecule has 1 heterocycles. The van der Waals surface area contributed by atoms with E-state index in [1.54, 1.807) is 30.0 Å². The van der Waals surface area contributed by atoms with Gasteiger partial charge < -0.3 is 10.0 Å². The largest absolute Gasteiger partial charge is 0.481 e. The van der Waals surface area contributed by atoms with Crippen LogP contribution in [0.2, 0.25) is 5.02 Å². The summed E-state index contributed by atoms with van der Waals surface area (Å²) in [6.45, 7) is 2.23. The lowest BCUT2D eigenvalue weighted by molar-refractivity contribution is -0.142. The summed E-state index contributed by atoms with van der Waals surface area (Å²) in [5.41, 5.74) is 0.470. The first-order chi connectivity index (χ1) is 8.90. The summed E-state index contributed by atoms with van der Waals surface area (Å²) >= 11 is 9.21. The van der Waals surface area contributed by atoms with Crippen LogP contribution in [0.5, 0.6) is 0 Å². The number of nitrogens with zero attached hydrogens (tertiary/aromatic N) is 1. The number of rotatable bonds is 2. The summed E-state index contributed by atoms with van der Waals surface area (Å²) in [6, 6.07) is 4.68. The Labute approximate surface area is 124 Å². The molecule has 1 aliphatic rings. The molecule has 1 N–H and O–H groups in total. The smallest absolute Gasteiger partial charge is 0.308 e. The molecule has 2 unspecified atom stereocenters. The highest BCUT2D eigenvalue weighted by Gasteiger charge is 2.38. The number of carbonyl (C=O) groups excluding carboxylic acids is 1. The quantitative estimate of drug-likeness (QED) is 0.895. The zero-order valence-corrected chi connectivity index (χ0v) is 12.6. The van der Waals surface area contributed by atoms with E-state index in [0.29, 0.717) is 23.6 Å². The SMILES string of the molecule is CC1C(C(=O)O)CCN1C(=O)c1cc(Cl)cc(Br)c1. The van der Waals surface area contributed by atoms with E-state index in [-0.39, 0.29) is 11.9 Å². The van der Waals surface area contributed by atoms with Crippen molar-refractivity contribution >= 4 is 39.4 Å². The van der Waals surface area contributed by atoms with E-state index in [9.17, 15) is 9.59 Å². The molecule has 19 heavy (non-hydrogen) atoms. The Kier molecular flexibility index (Phi) is 4.16. The van der Waals surface area contributed by atoms with Gasteiger partial charge in [0.05, 0.1) is 5.92 Å². The number of aliphatic carboxylic acids is 1. The standard InChI is InChI=1S/C13H13BrClNO3/c1-7-11(13(18)19)2-3-16(7)12(17)8-4-9(14)6-10(15)5-8/h4-7,11H,2-3H2,1H3,(H,18,19). The molecular weight excluding hydrogens is 334 g/mol. The summed E-state index contributed by atoms with van der Waals surface area (Å²) in [5, 5.41) is 9.55. The average Bonchev–Trinajstić information content (AvgIpc) is 2.69. The van der Waals surface area contributed by atoms with Crippen LogP contribution in [0.1, 0.15) is 23.7 Å². The Balaban J connectivity index is 2.23. The van der Waals surface area contributed by atoms with Crippen LogP contribution >= 0.6 is 27.5 Å². The molecule has 0 aliphatic carbocycles. The number of carbonyl (C=O) groups is 2. The molecule has 0 spiro atoms. The Hall–Kier alpha value is -1.07. The van der Waals surface area contributed by atoms with E-state index in [1.165, 1.54) is 0 Å². The predicted octanol–water partition coefficient (Wildman–Crippen LogP) is 3.04. The van der Waals surface area contributed by atoms with Gasteiger partial charge in [0.2, 0.25) is 0 Å². The second kappa shape index (κ2) is 5.51. The van der Waals surface area contributed by atoms with Gasteiger partial charge in [-0.3, -0.25) is 9.59 Å². The van der Waals surface area contributed by atoms with Crippen molar-refractivity contribution in [2.45, 2.75) is 19.4 Å². The van der Waals surface area contributed by atoms with Crippen molar-refractivity contribution in [1.29, 1.82) is 0 Å². The number of benzene rings is 1. The summed E-state index contributed by atoms with van der Waals surface area (Å²) in [7, 11) is 0. The van der Waals surface area contributed by atoms with Crippen molar-refractivity contribution in [3.8, 4) is 0 Å². The molecule has 1 fully saturated rings. The van der Waals surface area contributed by atoms with Gasteiger partial charge in [0.1, 0.15) is 0 Å². The molecule has 1 aliphatic heterocycles. The van der Waals surface area contributed by atoms with Crippen molar-refractivity contribution in [3.63, 3.8) is 0 Å². The van der Waals surface area contributed by atoms with Crippen LogP contribution in [0.4, 0.5) is 0 Å². The highest BCUT2D eigenvalue weighted by atomic mass is 79.9. The third kappa shape index (κ3) is 2.92.